The van der Waals surface area contributed by atoms with Gasteiger partial charge < -0.3 is 5.32 Å². The largest absolute Gasteiger partial charge is 0.329 e. The topological polar surface area (TPSA) is 36.1 Å². The molecule has 0 spiro atoms. The molecule has 0 aliphatic heterocycles. The number of rotatable bonds is 3. The maximum atomic E-state index is 13.3. The molecule has 3 N–H and O–H groups in total. The Hall–Kier alpha value is -2.14. The van der Waals surface area contributed by atoms with Crippen molar-refractivity contribution in [3.8, 4) is 0 Å². The van der Waals surface area contributed by atoms with Gasteiger partial charge in [0.05, 0.1) is 11.4 Å². The predicted molar refractivity (Wildman–Crippen MR) is 75.8 cm³/mol. The average Bonchev–Trinajstić information content (AvgIpc) is 2.40. The molecule has 0 aliphatic rings. The number of benzene rings is 2. The zero-order valence-electron chi connectivity index (χ0n) is 9.48. The summed E-state index contributed by atoms with van der Waals surface area (Å²) in [6.45, 7) is 0. The molecule has 0 fully saturated rings. The number of hydrazine groups is 1. The summed E-state index contributed by atoms with van der Waals surface area (Å²) in [7, 11) is 0. The van der Waals surface area contributed by atoms with Crippen LogP contribution in [0.2, 0.25) is 0 Å². The Morgan fingerprint density at radius 2 is 1.61 bits per heavy atom. The van der Waals surface area contributed by atoms with E-state index in [1.54, 1.807) is 18.2 Å². The van der Waals surface area contributed by atoms with Gasteiger partial charge in [0.1, 0.15) is 5.82 Å². The van der Waals surface area contributed by atoms with E-state index in [1.807, 2.05) is 30.3 Å². The summed E-state index contributed by atoms with van der Waals surface area (Å²) in [6.07, 6.45) is 0. The van der Waals surface area contributed by atoms with Gasteiger partial charge in [-0.05, 0) is 36.5 Å². The third kappa shape index (κ3) is 3.43. The summed E-state index contributed by atoms with van der Waals surface area (Å²) in [5.41, 5.74) is 6.89. The van der Waals surface area contributed by atoms with Gasteiger partial charge in [-0.25, -0.2) is 4.39 Å². The molecule has 0 radical (unpaired) electrons. The molecule has 0 saturated heterocycles. The lowest BCUT2D eigenvalue weighted by atomic mass is 10.3. The Labute approximate surface area is 110 Å². The molecule has 2 rings (SSSR count). The lowest BCUT2D eigenvalue weighted by Crippen LogP contribution is -2.33. The molecule has 92 valence electrons. The van der Waals surface area contributed by atoms with E-state index < -0.39 is 0 Å². The highest BCUT2D eigenvalue weighted by Gasteiger charge is 2.01. The first-order valence-electron chi connectivity index (χ1n) is 5.38. The van der Waals surface area contributed by atoms with Crippen LogP contribution in [0.15, 0.2) is 54.6 Å². The van der Waals surface area contributed by atoms with Gasteiger partial charge in [-0.2, -0.15) is 0 Å². The van der Waals surface area contributed by atoms with Crippen LogP contribution in [0.4, 0.5) is 15.8 Å². The van der Waals surface area contributed by atoms with Crippen LogP contribution in [0.3, 0.4) is 0 Å². The van der Waals surface area contributed by atoms with Crippen molar-refractivity contribution in [3.63, 3.8) is 0 Å². The molecule has 3 nitrogen and oxygen atoms in total. The second-order valence-corrected chi connectivity index (χ2v) is 3.96. The minimum absolute atomic E-state index is 0.295. The predicted octanol–water partition coefficient (Wildman–Crippen LogP) is 3.14. The highest BCUT2D eigenvalue weighted by molar-refractivity contribution is 7.80. The Morgan fingerprint density at radius 1 is 0.944 bits per heavy atom. The SMILES string of the molecule is Fc1ccccc1NC(=S)NNc1ccccc1. The number of thiocarbonyl (C=S) groups is 1. The van der Waals surface area contributed by atoms with Crippen LogP contribution in [0.5, 0.6) is 0 Å². The first-order chi connectivity index (χ1) is 8.75. The number of hydrogen-bond acceptors (Lipinski definition) is 2. The van der Waals surface area contributed by atoms with Crippen molar-refractivity contribution in [2.75, 3.05) is 10.7 Å². The van der Waals surface area contributed by atoms with Crippen LogP contribution in [0, 0.1) is 5.82 Å². The number of halogens is 1. The molecule has 0 aliphatic carbocycles. The number of anilines is 2. The molecule has 0 atom stereocenters. The summed E-state index contributed by atoms with van der Waals surface area (Å²) >= 11 is 5.04. The molecule has 2 aromatic rings. The zero-order valence-corrected chi connectivity index (χ0v) is 10.3. The second kappa shape index (κ2) is 5.97. The zero-order chi connectivity index (χ0) is 12.8. The normalized spacial score (nSPS) is 9.61. The molecular formula is C13H12FN3S. The fourth-order valence-corrected chi connectivity index (χ4v) is 1.53. The third-order valence-electron chi connectivity index (χ3n) is 2.22. The van der Waals surface area contributed by atoms with Crippen molar-refractivity contribution in [2.45, 2.75) is 0 Å². The fraction of sp³-hybridized carbons (Fsp3) is 0. The Bertz CT molecular complexity index is 531. The maximum Gasteiger partial charge on any atom is 0.189 e. The van der Waals surface area contributed by atoms with Gasteiger partial charge in [0.2, 0.25) is 0 Å². The summed E-state index contributed by atoms with van der Waals surface area (Å²) in [5, 5.41) is 3.06. The van der Waals surface area contributed by atoms with E-state index in [4.69, 9.17) is 12.2 Å². The lowest BCUT2D eigenvalue weighted by molar-refractivity contribution is 0.632. The second-order valence-electron chi connectivity index (χ2n) is 3.55. The van der Waals surface area contributed by atoms with E-state index in [0.29, 0.717) is 10.8 Å². The van der Waals surface area contributed by atoms with Crippen LogP contribution in [0.25, 0.3) is 0 Å². The molecule has 0 saturated carbocycles. The number of hydrogen-bond donors (Lipinski definition) is 3. The first-order valence-corrected chi connectivity index (χ1v) is 5.79. The molecule has 18 heavy (non-hydrogen) atoms. The van der Waals surface area contributed by atoms with Crippen LogP contribution in [-0.4, -0.2) is 5.11 Å². The lowest BCUT2D eigenvalue weighted by Gasteiger charge is -2.12. The summed E-state index contributed by atoms with van der Waals surface area (Å²) in [6, 6.07) is 15.8. The minimum atomic E-state index is -0.346. The van der Waals surface area contributed by atoms with Gasteiger partial charge in [-0.1, -0.05) is 30.3 Å². The first kappa shape index (κ1) is 12.3. The monoisotopic (exact) mass is 261 g/mol. The molecule has 0 aromatic heterocycles. The Kier molecular flexibility index (Phi) is 4.09. The quantitative estimate of drug-likeness (QED) is 0.586. The van der Waals surface area contributed by atoms with E-state index in [0.717, 1.165) is 5.69 Å². The highest BCUT2D eigenvalue weighted by Crippen LogP contribution is 2.12. The summed E-state index contributed by atoms with van der Waals surface area (Å²) < 4.78 is 13.3. The van der Waals surface area contributed by atoms with E-state index in [2.05, 4.69) is 16.2 Å². The fourth-order valence-electron chi connectivity index (χ4n) is 1.37. The molecule has 0 bridgehead atoms. The highest BCUT2D eigenvalue weighted by atomic mass is 32.1. The standard InChI is InChI=1S/C13H12FN3S/c14-11-8-4-5-9-12(11)15-13(18)17-16-10-6-2-1-3-7-10/h1-9,16H,(H2,15,17,18). The van der Waals surface area contributed by atoms with Crippen LogP contribution < -0.4 is 16.2 Å². The minimum Gasteiger partial charge on any atom is -0.329 e. The van der Waals surface area contributed by atoms with Gasteiger partial charge >= 0.3 is 0 Å². The Balaban J connectivity index is 1.88. The van der Waals surface area contributed by atoms with E-state index >= 15 is 0 Å². The Morgan fingerprint density at radius 3 is 2.33 bits per heavy atom. The molecule has 2 aromatic carbocycles. The van der Waals surface area contributed by atoms with Gasteiger partial charge in [0, 0.05) is 0 Å². The molecule has 0 amide bonds. The van der Waals surface area contributed by atoms with Crippen molar-refractivity contribution in [1.82, 2.24) is 5.43 Å². The van der Waals surface area contributed by atoms with Crippen molar-refractivity contribution >= 4 is 28.7 Å². The third-order valence-corrected chi connectivity index (χ3v) is 2.42. The molecule has 0 heterocycles. The molecular weight excluding hydrogens is 249 g/mol. The van der Waals surface area contributed by atoms with Gasteiger partial charge in [0.25, 0.3) is 0 Å². The van der Waals surface area contributed by atoms with Gasteiger partial charge in [0.15, 0.2) is 5.11 Å². The smallest absolute Gasteiger partial charge is 0.189 e. The van der Waals surface area contributed by atoms with Crippen LogP contribution in [0.1, 0.15) is 0 Å². The number of nitrogens with one attached hydrogen (secondary N) is 3. The maximum absolute atomic E-state index is 13.3. The van der Waals surface area contributed by atoms with E-state index in [9.17, 15) is 4.39 Å². The van der Waals surface area contributed by atoms with Crippen LogP contribution in [-0.2, 0) is 0 Å². The van der Waals surface area contributed by atoms with Crippen molar-refractivity contribution in [1.29, 1.82) is 0 Å². The van der Waals surface area contributed by atoms with Gasteiger partial charge in [-0.3, -0.25) is 10.9 Å². The van der Waals surface area contributed by atoms with Crippen LogP contribution >= 0.6 is 12.2 Å². The van der Waals surface area contributed by atoms with Crippen molar-refractivity contribution < 1.29 is 4.39 Å². The van der Waals surface area contributed by atoms with Gasteiger partial charge in [-0.15, -0.1) is 0 Å². The number of para-hydroxylation sites is 2. The van der Waals surface area contributed by atoms with Crippen molar-refractivity contribution in [2.24, 2.45) is 0 Å². The average molecular weight is 261 g/mol. The summed E-state index contributed by atoms with van der Waals surface area (Å²) in [5.74, 6) is -0.346. The van der Waals surface area contributed by atoms with Crippen molar-refractivity contribution in [3.05, 3.63) is 60.4 Å². The molecule has 0 unspecified atom stereocenters. The summed E-state index contributed by atoms with van der Waals surface area (Å²) in [4.78, 5) is 0. The molecule has 5 heteroatoms. The van der Waals surface area contributed by atoms with E-state index in [-0.39, 0.29) is 5.82 Å². The van der Waals surface area contributed by atoms with E-state index in [1.165, 1.54) is 6.07 Å².